The van der Waals surface area contributed by atoms with Gasteiger partial charge in [0.1, 0.15) is 0 Å². The molecule has 136 valence electrons. The fourth-order valence-electron chi connectivity index (χ4n) is 2.76. The lowest BCUT2D eigenvalue weighted by Crippen LogP contribution is -2.35. The van der Waals surface area contributed by atoms with Crippen molar-refractivity contribution < 1.29 is 23.8 Å². The van der Waals surface area contributed by atoms with Crippen LogP contribution in [0.4, 0.5) is 0 Å². The fraction of sp³-hybridized carbons (Fsp3) is 0.300. The largest absolute Gasteiger partial charge is 0.454 e. The SMILES string of the molecule is Cc1cc(C)cc(C(=O)OC(C)C(=O)NCc2ccc3c(c2)OCO3)c1. The molecule has 0 saturated heterocycles. The number of amides is 1. The number of fused-ring (bicyclic) bond motifs is 1. The molecule has 2 aromatic rings. The Morgan fingerprint density at radius 1 is 1.08 bits per heavy atom. The number of aryl methyl sites for hydroxylation is 2. The van der Waals surface area contributed by atoms with E-state index >= 15 is 0 Å². The van der Waals surface area contributed by atoms with Crippen molar-refractivity contribution in [3.05, 3.63) is 58.7 Å². The Bertz CT molecular complexity index is 826. The number of ether oxygens (including phenoxy) is 3. The normalized spacial score (nSPS) is 13.2. The average molecular weight is 355 g/mol. The molecule has 2 aromatic carbocycles. The molecule has 0 radical (unpaired) electrons. The van der Waals surface area contributed by atoms with Gasteiger partial charge in [0, 0.05) is 6.54 Å². The molecule has 0 bridgehead atoms. The van der Waals surface area contributed by atoms with Crippen molar-refractivity contribution in [3.63, 3.8) is 0 Å². The highest BCUT2D eigenvalue weighted by Crippen LogP contribution is 2.32. The number of benzene rings is 2. The highest BCUT2D eigenvalue weighted by Gasteiger charge is 2.19. The van der Waals surface area contributed by atoms with Crippen LogP contribution in [-0.2, 0) is 16.1 Å². The van der Waals surface area contributed by atoms with E-state index < -0.39 is 12.1 Å². The first-order chi connectivity index (χ1) is 12.4. The van der Waals surface area contributed by atoms with Gasteiger partial charge in [-0.05, 0) is 50.6 Å². The van der Waals surface area contributed by atoms with E-state index in [0.717, 1.165) is 16.7 Å². The summed E-state index contributed by atoms with van der Waals surface area (Å²) in [4.78, 5) is 24.4. The van der Waals surface area contributed by atoms with Crippen molar-refractivity contribution in [3.8, 4) is 11.5 Å². The van der Waals surface area contributed by atoms with Crippen LogP contribution >= 0.6 is 0 Å². The van der Waals surface area contributed by atoms with Gasteiger partial charge in [-0.2, -0.15) is 0 Å². The van der Waals surface area contributed by atoms with Crippen LogP contribution < -0.4 is 14.8 Å². The molecule has 26 heavy (non-hydrogen) atoms. The van der Waals surface area contributed by atoms with Crippen molar-refractivity contribution in [2.24, 2.45) is 0 Å². The molecule has 0 saturated carbocycles. The molecule has 0 aliphatic carbocycles. The molecule has 1 N–H and O–H groups in total. The molecule has 3 rings (SSSR count). The Hall–Kier alpha value is -3.02. The van der Waals surface area contributed by atoms with Crippen LogP contribution in [0.1, 0.15) is 34.0 Å². The standard InChI is InChI=1S/C20H21NO5/c1-12-6-13(2)8-16(7-12)20(23)26-14(3)19(22)21-10-15-4-5-17-18(9-15)25-11-24-17/h4-9,14H,10-11H2,1-3H3,(H,21,22). The Morgan fingerprint density at radius 3 is 2.50 bits per heavy atom. The quantitative estimate of drug-likeness (QED) is 0.835. The smallest absolute Gasteiger partial charge is 0.338 e. The minimum Gasteiger partial charge on any atom is -0.454 e. The minimum atomic E-state index is -0.891. The summed E-state index contributed by atoms with van der Waals surface area (Å²) in [7, 11) is 0. The lowest BCUT2D eigenvalue weighted by Gasteiger charge is -2.14. The zero-order valence-corrected chi connectivity index (χ0v) is 15.0. The lowest BCUT2D eigenvalue weighted by atomic mass is 10.1. The van der Waals surface area contributed by atoms with Crippen molar-refractivity contribution in [2.75, 3.05) is 6.79 Å². The molecule has 0 spiro atoms. The van der Waals surface area contributed by atoms with E-state index in [2.05, 4.69) is 5.32 Å². The van der Waals surface area contributed by atoms with E-state index in [4.69, 9.17) is 14.2 Å². The van der Waals surface area contributed by atoms with Crippen LogP contribution in [0, 0.1) is 13.8 Å². The molecule has 0 aromatic heterocycles. The average Bonchev–Trinajstić information content (AvgIpc) is 3.06. The predicted octanol–water partition coefficient (Wildman–Crippen LogP) is 2.89. The van der Waals surface area contributed by atoms with Gasteiger partial charge in [0.25, 0.3) is 5.91 Å². The van der Waals surface area contributed by atoms with Gasteiger partial charge < -0.3 is 19.5 Å². The number of rotatable bonds is 5. The number of esters is 1. The Kier molecular flexibility index (Phi) is 5.11. The molecule has 1 heterocycles. The third-order valence-corrected chi connectivity index (χ3v) is 4.01. The predicted molar refractivity (Wildman–Crippen MR) is 95.2 cm³/mol. The summed E-state index contributed by atoms with van der Waals surface area (Å²) in [6.45, 7) is 5.88. The van der Waals surface area contributed by atoms with Gasteiger partial charge in [-0.3, -0.25) is 4.79 Å². The highest BCUT2D eigenvalue weighted by molar-refractivity contribution is 5.92. The molecule has 1 unspecified atom stereocenters. The summed E-state index contributed by atoms with van der Waals surface area (Å²) in [5, 5.41) is 2.76. The first-order valence-electron chi connectivity index (χ1n) is 8.38. The number of hydrogen-bond acceptors (Lipinski definition) is 5. The molecule has 1 atom stereocenters. The summed E-state index contributed by atoms with van der Waals surface area (Å²) in [5.41, 5.74) is 3.25. The maximum atomic E-state index is 12.2. The maximum Gasteiger partial charge on any atom is 0.338 e. The zero-order chi connectivity index (χ0) is 18.7. The van der Waals surface area contributed by atoms with Crippen LogP contribution in [0.15, 0.2) is 36.4 Å². The van der Waals surface area contributed by atoms with Gasteiger partial charge in [-0.1, -0.05) is 23.3 Å². The second-order valence-corrected chi connectivity index (χ2v) is 6.33. The van der Waals surface area contributed by atoms with E-state index in [1.807, 2.05) is 32.0 Å². The summed E-state index contributed by atoms with van der Waals surface area (Å²) in [5.74, 6) is 0.477. The van der Waals surface area contributed by atoms with Gasteiger partial charge in [-0.25, -0.2) is 4.79 Å². The second kappa shape index (κ2) is 7.47. The molecule has 6 heteroatoms. The van der Waals surface area contributed by atoms with Crippen molar-refractivity contribution in [1.82, 2.24) is 5.32 Å². The lowest BCUT2D eigenvalue weighted by molar-refractivity contribution is -0.129. The summed E-state index contributed by atoms with van der Waals surface area (Å²) in [6, 6.07) is 10.9. The van der Waals surface area contributed by atoms with E-state index in [1.165, 1.54) is 0 Å². The van der Waals surface area contributed by atoms with E-state index in [1.54, 1.807) is 25.1 Å². The molecule has 0 fully saturated rings. The minimum absolute atomic E-state index is 0.205. The van der Waals surface area contributed by atoms with Crippen molar-refractivity contribution >= 4 is 11.9 Å². The molecule has 1 amide bonds. The maximum absolute atomic E-state index is 12.2. The van der Waals surface area contributed by atoms with Gasteiger partial charge >= 0.3 is 5.97 Å². The molecular formula is C20H21NO5. The third kappa shape index (κ3) is 4.14. The Morgan fingerprint density at radius 2 is 1.77 bits per heavy atom. The highest BCUT2D eigenvalue weighted by atomic mass is 16.7. The van der Waals surface area contributed by atoms with Crippen molar-refractivity contribution in [2.45, 2.75) is 33.4 Å². The monoisotopic (exact) mass is 355 g/mol. The van der Waals surface area contributed by atoms with Gasteiger partial charge in [0.05, 0.1) is 5.56 Å². The van der Waals surface area contributed by atoms with Gasteiger partial charge in [-0.15, -0.1) is 0 Å². The Labute approximate surface area is 152 Å². The van der Waals surface area contributed by atoms with Gasteiger partial charge in [0.2, 0.25) is 6.79 Å². The number of carbonyl (C=O) groups is 2. The molecule has 1 aliphatic rings. The zero-order valence-electron chi connectivity index (χ0n) is 15.0. The molecule has 1 aliphatic heterocycles. The number of hydrogen-bond donors (Lipinski definition) is 1. The van der Waals surface area contributed by atoms with Crippen LogP contribution in [-0.4, -0.2) is 24.8 Å². The summed E-state index contributed by atoms with van der Waals surface area (Å²) >= 11 is 0. The van der Waals surface area contributed by atoms with Crippen molar-refractivity contribution in [1.29, 1.82) is 0 Å². The van der Waals surface area contributed by atoms with E-state index in [-0.39, 0.29) is 12.7 Å². The topological polar surface area (TPSA) is 73.9 Å². The first-order valence-corrected chi connectivity index (χ1v) is 8.38. The van der Waals surface area contributed by atoms with Gasteiger partial charge in [0.15, 0.2) is 17.6 Å². The fourth-order valence-corrected chi connectivity index (χ4v) is 2.76. The van der Waals surface area contributed by atoms with E-state index in [9.17, 15) is 9.59 Å². The van der Waals surface area contributed by atoms with E-state index in [0.29, 0.717) is 23.6 Å². The molecular weight excluding hydrogens is 334 g/mol. The Balaban J connectivity index is 1.55. The summed E-state index contributed by atoms with van der Waals surface area (Å²) < 4.78 is 15.8. The van der Waals surface area contributed by atoms with Crippen LogP contribution in [0.5, 0.6) is 11.5 Å². The number of nitrogens with one attached hydrogen (secondary N) is 1. The van der Waals surface area contributed by atoms with Crippen LogP contribution in [0.3, 0.4) is 0 Å². The summed E-state index contributed by atoms with van der Waals surface area (Å²) in [6.07, 6.45) is -0.891. The number of carbonyl (C=O) groups excluding carboxylic acids is 2. The second-order valence-electron chi connectivity index (χ2n) is 6.33. The van der Waals surface area contributed by atoms with Crippen LogP contribution in [0.2, 0.25) is 0 Å². The third-order valence-electron chi connectivity index (χ3n) is 4.01. The van der Waals surface area contributed by atoms with Crippen LogP contribution in [0.25, 0.3) is 0 Å². The first kappa shape index (κ1) is 17.8. The molecule has 6 nitrogen and oxygen atoms in total.